The molecule has 0 fully saturated rings. The minimum atomic E-state index is -0.130. The number of aromatic nitrogens is 2. The van der Waals surface area contributed by atoms with Gasteiger partial charge < -0.3 is 5.32 Å². The zero-order valence-corrected chi connectivity index (χ0v) is 12.3. The highest BCUT2D eigenvalue weighted by atomic mass is 35.5. The lowest BCUT2D eigenvalue weighted by Gasteiger charge is -2.10. The highest BCUT2D eigenvalue weighted by Crippen LogP contribution is 2.25. The smallest absolute Gasteiger partial charge is 0.265 e. The fourth-order valence-electron chi connectivity index (χ4n) is 1.53. The van der Waals surface area contributed by atoms with Crippen LogP contribution in [0.3, 0.4) is 0 Å². The molecular weight excluding hydrogens is 282 g/mol. The zero-order chi connectivity index (χ0) is 13.8. The maximum absolute atomic E-state index is 12.1. The van der Waals surface area contributed by atoms with Crippen LogP contribution in [-0.2, 0) is 0 Å². The number of carbonyl (C=O) groups is 1. The van der Waals surface area contributed by atoms with E-state index < -0.39 is 0 Å². The molecule has 100 valence electrons. The van der Waals surface area contributed by atoms with Gasteiger partial charge in [0.05, 0.1) is 0 Å². The lowest BCUT2D eigenvalue weighted by Crippen LogP contribution is -2.31. The second kappa shape index (κ2) is 6.12. The van der Waals surface area contributed by atoms with Crippen LogP contribution < -0.4 is 5.32 Å². The van der Waals surface area contributed by atoms with Gasteiger partial charge in [-0.1, -0.05) is 35.1 Å². The molecule has 1 atom stereocenters. The molecule has 1 heterocycles. The van der Waals surface area contributed by atoms with Crippen molar-refractivity contribution in [3.63, 3.8) is 0 Å². The van der Waals surface area contributed by atoms with E-state index in [0.717, 1.165) is 23.5 Å². The number of benzene rings is 1. The average molecular weight is 296 g/mol. The summed E-state index contributed by atoms with van der Waals surface area (Å²) in [5.41, 5.74) is 1.44. The molecule has 6 heteroatoms. The largest absolute Gasteiger partial charge is 0.349 e. The number of hydrogen-bond donors (Lipinski definition) is 1. The molecule has 0 saturated heterocycles. The number of nitrogens with one attached hydrogen (secondary N) is 1. The predicted octanol–water partition coefficient (Wildman–Crippen LogP) is 3.39. The molecule has 0 spiro atoms. The van der Waals surface area contributed by atoms with E-state index in [4.69, 9.17) is 11.6 Å². The standard InChI is InChI=1S/C13H14ClN3OS/c1-3-8(2)15-13(18)12-11(16-17-19-12)9-4-6-10(14)7-5-9/h4-8H,3H2,1-2H3,(H,15,18)/t8-/m0/s1. The van der Waals surface area contributed by atoms with E-state index in [1.807, 2.05) is 26.0 Å². The SMILES string of the molecule is CC[C@H](C)NC(=O)c1snnc1-c1ccc(Cl)cc1. The molecular formula is C13H14ClN3OS. The zero-order valence-electron chi connectivity index (χ0n) is 10.7. The van der Waals surface area contributed by atoms with E-state index in [1.54, 1.807) is 12.1 Å². The second-order valence-corrected chi connectivity index (χ2v) is 5.43. The highest BCUT2D eigenvalue weighted by molar-refractivity contribution is 7.08. The first-order chi connectivity index (χ1) is 9.11. The molecule has 1 aromatic carbocycles. The van der Waals surface area contributed by atoms with Crippen LogP contribution in [0.2, 0.25) is 5.02 Å². The Labute approximate surface area is 121 Å². The Morgan fingerprint density at radius 1 is 1.42 bits per heavy atom. The molecule has 0 aliphatic heterocycles. The summed E-state index contributed by atoms with van der Waals surface area (Å²) in [5.74, 6) is -0.130. The normalized spacial score (nSPS) is 12.2. The van der Waals surface area contributed by atoms with Gasteiger partial charge in [-0.15, -0.1) is 5.10 Å². The van der Waals surface area contributed by atoms with Crippen LogP contribution in [0.4, 0.5) is 0 Å². The van der Waals surface area contributed by atoms with E-state index in [9.17, 15) is 4.79 Å². The van der Waals surface area contributed by atoms with Crippen molar-refractivity contribution in [2.24, 2.45) is 0 Å². The third-order valence-corrected chi connectivity index (χ3v) is 3.78. The molecule has 0 aliphatic carbocycles. The Morgan fingerprint density at radius 3 is 2.74 bits per heavy atom. The summed E-state index contributed by atoms with van der Waals surface area (Å²) >= 11 is 6.95. The van der Waals surface area contributed by atoms with E-state index in [0.29, 0.717) is 15.6 Å². The monoisotopic (exact) mass is 295 g/mol. The summed E-state index contributed by atoms with van der Waals surface area (Å²) in [7, 11) is 0. The van der Waals surface area contributed by atoms with Gasteiger partial charge in [0.15, 0.2) is 0 Å². The van der Waals surface area contributed by atoms with E-state index in [-0.39, 0.29) is 11.9 Å². The van der Waals surface area contributed by atoms with Crippen molar-refractivity contribution < 1.29 is 4.79 Å². The Balaban J connectivity index is 2.27. The van der Waals surface area contributed by atoms with Crippen molar-refractivity contribution in [2.75, 3.05) is 0 Å². The first kappa shape index (κ1) is 14.0. The molecule has 19 heavy (non-hydrogen) atoms. The van der Waals surface area contributed by atoms with Gasteiger partial charge in [-0.3, -0.25) is 4.79 Å². The number of amides is 1. The molecule has 2 rings (SSSR count). The number of carbonyl (C=O) groups excluding carboxylic acids is 1. The molecule has 2 aromatic rings. The van der Waals surface area contributed by atoms with Crippen molar-refractivity contribution >= 4 is 29.0 Å². The second-order valence-electron chi connectivity index (χ2n) is 4.24. The quantitative estimate of drug-likeness (QED) is 0.940. The van der Waals surface area contributed by atoms with Gasteiger partial charge in [-0.25, -0.2) is 0 Å². The minimum Gasteiger partial charge on any atom is -0.349 e. The van der Waals surface area contributed by atoms with Gasteiger partial charge in [0.2, 0.25) is 0 Å². The van der Waals surface area contributed by atoms with Crippen LogP contribution in [0.25, 0.3) is 11.3 Å². The van der Waals surface area contributed by atoms with Gasteiger partial charge in [0.1, 0.15) is 10.6 Å². The Bertz CT molecular complexity index is 568. The first-order valence-corrected chi connectivity index (χ1v) is 7.16. The Kier molecular flexibility index (Phi) is 4.50. The van der Waals surface area contributed by atoms with Crippen molar-refractivity contribution in [2.45, 2.75) is 26.3 Å². The van der Waals surface area contributed by atoms with Gasteiger partial charge in [-0.05, 0) is 37.0 Å². The predicted molar refractivity (Wildman–Crippen MR) is 77.6 cm³/mol. The summed E-state index contributed by atoms with van der Waals surface area (Å²) in [5, 5.41) is 7.60. The number of hydrogen-bond acceptors (Lipinski definition) is 4. The van der Waals surface area contributed by atoms with E-state index >= 15 is 0 Å². The fourth-order valence-corrected chi connectivity index (χ4v) is 2.24. The minimum absolute atomic E-state index is 0.130. The van der Waals surface area contributed by atoms with Gasteiger partial charge in [-0.2, -0.15) is 0 Å². The third-order valence-electron chi connectivity index (χ3n) is 2.80. The lowest BCUT2D eigenvalue weighted by atomic mass is 10.1. The van der Waals surface area contributed by atoms with Crippen LogP contribution >= 0.6 is 23.1 Å². The summed E-state index contributed by atoms with van der Waals surface area (Å²) in [6.45, 7) is 3.99. The summed E-state index contributed by atoms with van der Waals surface area (Å²) in [4.78, 5) is 12.7. The van der Waals surface area contributed by atoms with Crippen molar-refractivity contribution in [3.8, 4) is 11.3 Å². The molecule has 0 radical (unpaired) electrons. The van der Waals surface area contributed by atoms with Crippen molar-refractivity contribution in [1.29, 1.82) is 0 Å². The van der Waals surface area contributed by atoms with Crippen LogP contribution in [0.1, 0.15) is 29.9 Å². The molecule has 0 bridgehead atoms. The van der Waals surface area contributed by atoms with E-state index in [1.165, 1.54) is 0 Å². The summed E-state index contributed by atoms with van der Waals surface area (Å²) < 4.78 is 3.87. The lowest BCUT2D eigenvalue weighted by molar-refractivity contribution is 0.0944. The van der Waals surface area contributed by atoms with Crippen molar-refractivity contribution in [3.05, 3.63) is 34.2 Å². The van der Waals surface area contributed by atoms with Gasteiger partial charge in [0, 0.05) is 16.6 Å². The topological polar surface area (TPSA) is 54.9 Å². The maximum Gasteiger partial charge on any atom is 0.265 e. The molecule has 4 nitrogen and oxygen atoms in total. The van der Waals surface area contributed by atoms with Crippen LogP contribution in [0, 0.1) is 0 Å². The molecule has 1 amide bonds. The maximum atomic E-state index is 12.1. The van der Waals surface area contributed by atoms with Crippen LogP contribution in [0.15, 0.2) is 24.3 Å². The molecule has 1 aromatic heterocycles. The number of nitrogens with zero attached hydrogens (tertiary/aromatic N) is 2. The first-order valence-electron chi connectivity index (χ1n) is 6.01. The Hall–Kier alpha value is -1.46. The van der Waals surface area contributed by atoms with Crippen LogP contribution in [0.5, 0.6) is 0 Å². The molecule has 0 unspecified atom stereocenters. The van der Waals surface area contributed by atoms with Crippen molar-refractivity contribution in [1.82, 2.24) is 14.9 Å². The molecule has 0 aliphatic rings. The van der Waals surface area contributed by atoms with E-state index in [2.05, 4.69) is 14.9 Å². The summed E-state index contributed by atoms with van der Waals surface area (Å²) in [6.07, 6.45) is 0.883. The van der Waals surface area contributed by atoms with Gasteiger partial charge in [0.25, 0.3) is 5.91 Å². The summed E-state index contributed by atoms with van der Waals surface area (Å²) in [6, 6.07) is 7.34. The average Bonchev–Trinajstić information content (AvgIpc) is 2.88. The van der Waals surface area contributed by atoms with Gasteiger partial charge >= 0.3 is 0 Å². The van der Waals surface area contributed by atoms with Crippen LogP contribution in [-0.4, -0.2) is 21.5 Å². The Morgan fingerprint density at radius 2 is 2.11 bits per heavy atom. The highest BCUT2D eigenvalue weighted by Gasteiger charge is 2.18. The fraction of sp³-hybridized carbons (Fsp3) is 0.308. The number of rotatable bonds is 4. The molecule has 1 N–H and O–H groups in total. The third kappa shape index (κ3) is 3.30. The molecule has 0 saturated carbocycles. The number of halogens is 1.